The molecule has 2 heterocycles. The average molecular weight is 408 g/mol. The van der Waals surface area contributed by atoms with Crippen LogP contribution in [-0.2, 0) is 0 Å². The van der Waals surface area contributed by atoms with Crippen LogP contribution in [0.15, 0.2) is 25.1 Å². The van der Waals surface area contributed by atoms with Gasteiger partial charge in [-0.3, -0.25) is 4.79 Å². The summed E-state index contributed by atoms with van der Waals surface area (Å²) in [6.45, 7) is 3.81. The van der Waals surface area contributed by atoms with Gasteiger partial charge in [-0.1, -0.05) is 6.92 Å². The molecule has 2 aromatic heterocycles. The largest absolute Gasteiger partial charge is 0.438 e. The molecule has 0 spiro atoms. The van der Waals surface area contributed by atoms with Crippen molar-refractivity contribution in [3.05, 3.63) is 26.1 Å². The Morgan fingerprint density at radius 3 is 2.95 bits per heavy atom. The van der Waals surface area contributed by atoms with Gasteiger partial charge >= 0.3 is 0 Å². The number of hydrogen-bond donors (Lipinski definition) is 1. The summed E-state index contributed by atoms with van der Waals surface area (Å²) >= 11 is 11.1. The maximum atomic E-state index is 12.2. The van der Waals surface area contributed by atoms with Gasteiger partial charge in [0, 0.05) is 36.0 Å². The highest BCUT2D eigenvalue weighted by atomic mass is 79.9. The molecule has 0 N–H and O–H groups in total. The van der Waals surface area contributed by atoms with Gasteiger partial charge in [0.1, 0.15) is 4.70 Å². The zero-order valence-corrected chi connectivity index (χ0v) is 15.9. The fourth-order valence-corrected chi connectivity index (χ4v) is 4.47. The van der Waals surface area contributed by atoms with E-state index >= 15 is 0 Å². The predicted octanol–water partition coefficient (Wildman–Crippen LogP) is 4.50. The van der Waals surface area contributed by atoms with E-state index in [1.165, 1.54) is 17.8 Å². The SMILES string of the molecule is CCCSCCN(CCS)c1cc(=O)c2scc(Br)c2o1. The van der Waals surface area contributed by atoms with Crippen LogP contribution in [0, 0.1) is 0 Å². The third-order valence-corrected chi connectivity index (χ3v) is 6.16. The molecule has 2 aromatic rings. The molecule has 0 fully saturated rings. The molecular formula is C14H18BrNO2S3. The first-order valence-electron chi connectivity index (χ1n) is 6.81. The first kappa shape index (κ1) is 17.2. The normalized spacial score (nSPS) is 11.2. The van der Waals surface area contributed by atoms with E-state index in [-0.39, 0.29) is 5.43 Å². The van der Waals surface area contributed by atoms with Crippen LogP contribution in [0.2, 0.25) is 0 Å². The van der Waals surface area contributed by atoms with Crippen LogP contribution in [-0.4, -0.2) is 30.3 Å². The molecule has 21 heavy (non-hydrogen) atoms. The zero-order chi connectivity index (χ0) is 15.2. The van der Waals surface area contributed by atoms with E-state index in [1.54, 1.807) is 6.07 Å². The highest BCUT2D eigenvalue weighted by molar-refractivity contribution is 9.10. The zero-order valence-electron chi connectivity index (χ0n) is 11.8. The highest BCUT2D eigenvalue weighted by Gasteiger charge is 2.14. The van der Waals surface area contributed by atoms with Crippen molar-refractivity contribution < 1.29 is 4.42 Å². The minimum atomic E-state index is 0.0207. The van der Waals surface area contributed by atoms with E-state index < -0.39 is 0 Å². The summed E-state index contributed by atoms with van der Waals surface area (Å²) in [5.41, 5.74) is 0.667. The number of hydrogen-bond acceptors (Lipinski definition) is 6. The second kappa shape index (κ2) is 8.50. The lowest BCUT2D eigenvalue weighted by Crippen LogP contribution is -2.28. The van der Waals surface area contributed by atoms with Crippen molar-refractivity contribution >= 4 is 67.8 Å². The van der Waals surface area contributed by atoms with Crippen molar-refractivity contribution in [2.75, 3.05) is 35.2 Å². The Bertz CT molecular complexity index is 641. The van der Waals surface area contributed by atoms with Crippen molar-refractivity contribution in [2.45, 2.75) is 13.3 Å². The van der Waals surface area contributed by atoms with Crippen LogP contribution < -0.4 is 10.3 Å². The first-order chi connectivity index (χ1) is 10.2. The van der Waals surface area contributed by atoms with Crippen molar-refractivity contribution in [1.82, 2.24) is 0 Å². The maximum absolute atomic E-state index is 12.2. The Hall–Kier alpha value is -0.110. The number of nitrogens with zero attached hydrogens (tertiary/aromatic N) is 1. The smallest absolute Gasteiger partial charge is 0.204 e. The van der Waals surface area contributed by atoms with Gasteiger partial charge in [0.25, 0.3) is 0 Å². The highest BCUT2D eigenvalue weighted by Crippen LogP contribution is 2.30. The second-order valence-electron chi connectivity index (χ2n) is 4.51. The van der Waals surface area contributed by atoms with Gasteiger partial charge in [0.15, 0.2) is 11.5 Å². The van der Waals surface area contributed by atoms with Crippen molar-refractivity contribution in [3.63, 3.8) is 0 Å². The molecule has 0 bridgehead atoms. The fraction of sp³-hybridized carbons (Fsp3) is 0.500. The van der Waals surface area contributed by atoms with Crippen LogP contribution in [0.25, 0.3) is 10.3 Å². The number of thioether (sulfide) groups is 1. The van der Waals surface area contributed by atoms with Gasteiger partial charge in [-0.05, 0) is 28.1 Å². The molecule has 3 nitrogen and oxygen atoms in total. The monoisotopic (exact) mass is 407 g/mol. The lowest BCUT2D eigenvalue weighted by molar-refractivity contribution is 0.579. The molecule has 0 aliphatic rings. The predicted molar refractivity (Wildman–Crippen MR) is 102 cm³/mol. The molecule has 0 saturated carbocycles. The van der Waals surface area contributed by atoms with Gasteiger partial charge in [-0.15, -0.1) is 11.3 Å². The molecule has 0 aromatic carbocycles. The van der Waals surface area contributed by atoms with Gasteiger partial charge in [0.2, 0.25) is 5.43 Å². The van der Waals surface area contributed by atoms with Crippen molar-refractivity contribution in [3.8, 4) is 0 Å². The molecule has 0 atom stereocenters. The van der Waals surface area contributed by atoms with Gasteiger partial charge in [-0.2, -0.15) is 24.4 Å². The number of thiol groups is 1. The molecule has 0 aliphatic heterocycles. The summed E-state index contributed by atoms with van der Waals surface area (Å²) in [4.78, 5) is 14.3. The summed E-state index contributed by atoms with van der Waals surface area (Å²) in [6, 6.07) is 1.60. The molecule has 2 rings (SSSR count). The maximum Gasteiger partial charge on any atom is 0.204 e. The fourth-order valence-electron chi connectivity index (χ4n) is 1.93. The van der Waals surface area contributed by atoms with E-state index in [1.807, 2.05) is 17.1 Å². The third-order valence-electron chi connectivity index (χ3n) is 2.92. The molecule has 0 aliphatic carbocycles. The Morgan fingerprint density at radius 2 is 2.24 bits per heavy atom. The standard InChI is InChI=1S/C14H18BrNO2S3/c1-2-6-20-7-4-16(3-5-19)12-8-11(17)14-13(18-12)10(15)9-21-14/h8-9,19H,2-7H2,1H3. The molecule has 0 radical (unpaired) electrons. The molecule has 0 amide bonds. The van der Waals surface area contributed by atoms with Crippen molar-refractivity contribution in [2.24, 2.45) is 0 Å². The average Bonchev–Trinajstić information content (AvgIpc) is 2.84. The van der Waals surface area contributed by atoms with Crippen LogP contribution in [0.3, 0.4) is 0 Å². The summed E-state index contributed by atoms with van der Waals surface area (Å²) in [6.07, 6.45) is 1.18. The topological polar surface area (TPSA) is 33.5 Å². The van der Waals surface area contributed by atoms with Crippen LogP contribution in [0.1, 0.15) is 13.3 Å². The van der Waals surface area contributed by atoms with E-state index in [4.69, 9.17) is 4.42 Å². The van der Waals surface area contributed by atoms with Crippen molar-refractivity contribution in [1.29, 1.82) is 0 Å². The number of rotatable bonds is 8. The summed E-state index contributed by atoms with van der Waals surface area (Å²) in [7, 11) is 0. The number of anilines is 1. The minimum absolute atomic E-state index is 0.0207. The lowest BCUT2D eigenvalue weighted by Gasteiger charge is -2.22. The minimum Gasteiger partial charge on any atom is -0.438 e. The Labute approximate surface area is 146 Å². The quantitative estimate of drug-likeness (QED) is 0.515. The van der Waals surface area contributed by atoms with Gasteiger partial charge in [0.05, 0.1) is 4.47 Å². The molecule has 0 saturated heterocycles. The van der Waals surface area contributed by atoms with Gasteiger partial charge in [-0.25, -0.2) is 0 Å². The van der Waals surface area contributed by atoms with E-state index in [0.29, 0.717) is 16.2 Å². The van der Waals surface area contributed by atoms with Crippen LogP contribution in [0.5, 0.6) is 0 Å². The molecule has 0 unspecified atom stereocenters. The van der Waals surface area contributed by atoms with E-state index in [9.17, 15) is 4.79 Å². The third kappa shape index (κ3) is 4.43. The number of fused-ring (bicyclic) bond motifs is 1. The number of halogens is 1. The van der Waals surface area contributed by atoms with Crippen LogP contribution >= 0.6 is 51.7 Å². The summed E-state index contributed by atoms with van der Waals surface area (Å²) < 4.78 is 7.44. The second-order valence-corrected chi connectivity index (χ2v) is 7.92. The number of thiophene rings is 1. The summed E-state index contributed by atoms with van der Waals surface area (Å²) in [5.74, 6) is 3.55. The molecule has 7 heteroatoms. The lowest BCUT2D eigenvalue weighted by atomic mass is 10.4. The van der Waals surface area contributed by atoms with Crippen LogP contribution in [0.4, 0.5) is 5.88 Å². The first-order valence-corrected chi connectivity index (χ1v) is 10.3. The Kier molecular flexibility index (Phi) is 6.98. The Balaban J connectivity index is 2.22. The van der Waals surface area contributed by atoms with E-state index in [0.717, 1.165) is 34.8 Å². The Morgan fingerprint density at radius 1 is 1.43 bits per heavy atom. The summed E-state index contributed by atoms with van der Waals surface area (Å²) in [5, 5.41) is 1.89. The van der Waals surface area contributed by atoms with Gasteiger partial charge < -0.3 is 9.32 Å². The molecule has 116 valence electrons. The van der Waals surface area contributed by atoms with E-state index in [2.05, 4.69) is 40.4 Å². The molecular weight excluding hydrogens is 390 g/mol.